The molecule has 0 saturated carbocycles. The van der Waals surface area contributed by atoms with E-state index >= 15 is 0 Å². The van der Waals surface area contributed by atoms with Crippen LogP contribution in [0.15, 0.2) is 36.4 Å². The summed E-state index contributed by atoms with van der Waals surface area (Å²) in [5, 5.41) is 10.8. The Morgan fingerprint density at radius 1 is 0.647 bits per heavy atom. The predicted molar refractivity (Wildman–Crippen MR) is 191 cm³/mol. The van der Waals surface area contributed by atoms with E-state index in [0.717, 1.165) is 49.7 Å². The average molecular weight is 709 g/mol. The van der Waals surface area contributed by atoms with Crippen molar-refractivity contribution in [1.29, 1.82) is 0 Å². The van der Waals surface area contributed by atoms with Gasteiger partial charge in [-0.25, -0.2) is 19.2 Å². The normalized spacial score (nSPS) is 16.2. The summed E-state index contributed by atoms with van der Waals surface area (Å²) >= 11 is 0. The molecule has 0 spiro atoms. The number of imide groups is 2. The van der Waals surface area contributed by atoms with E-state index in [2.05, 4.69) is 21.3 Å². The van der Waals surface area contributed by atoms with Crippen LogP contribution in [0.5, 0.6) is 0 Å². The van der Waals surface area contributed by atoms with Crippen LogP contribution < -0.4 is 21.3 Å². The van der Waals surface area contributed by atoms with Crippen LogP contribution in [0, 0.1) is 13.8 Å². The molecule has 2 aromatic carbocycles. The van der Waals surface area contributed by atoms with Gasteiger partial charge in [0.15, 0.2) is 0 Å². The number of amides is 8. The molecule has 0 bridgehead atoms. The number of carbonyl (C=O) groups excluding carboxylic acids is 6. The fourth-order valence-corrected chi connectivity index (χ4v) is 5.49. The van der Waals surface area contributed by atoms with Gasteiger partial charge in [0.1, 0.15) is 12.7 Å². The van der Waals surface area contributed by atoms with Crippen LogP contribution in [-0.2, 0) is 23.8 Å². The quantitative estimate of drug-likeness (QED) is 0.207. The highest BCUT2D eigenvalue weighted by molar-refractivity contribution is 6.03. The number of nitrogens with zero attached hydrogens (tertiary/aromatic N) is 2. The van der Waals surface area contributed by atoms with Gasteiger partial charge >= 0.3 is 24.2 Å². The number of carbonyl (C=O) groups is 6. The second-order valence-corrected chi connectivity index (χ2v) is 12.8. The fourth-order valence-electron chi connectivity index (χ4n) is 5.49. The number of likely N-dealkylation sites (tertiary alicyclic amines) is 2. The van der Waals surface area contributed by atoms with Gasteiger partial charge in [-0.1, -0.05) is 25.0 Å². The van der Waals surface area contributed by atoms with Crippen molar-refractivity contribution < 1.29 is 43.0 Å². The lowest BCUT2D eigenvalue weighted by Crippen LogP contribution is -2.39. The zero-order chi connectivity index (χ0) is 36.9. The minimum absolute atomic E-state index is 0.0270. The number of urea groups is 2. The summed E-state index contributed by atoms with van der Waals surface area (Å²) in [6.07, 6.45) is 2.89. The topological polar surface area (TPSA) is 185 Å². The Bertz CT molecular complexity index is 1600. The Balaban J connectivity index is 1.17. The van der Waals surface area contributed by atoms with Crippen molar-refractivity contribution in [3.8, 4) is 0 Å². The maximum Gasteiger partial charge on any atom is 0.411 e. The molecule has 51 heavy (non-hydrogen) atoms. The van der Waals surface area contributed by atoms with E-state index in [1.54, 1.807) is 64.1 Å². The standard InChI is InChI=1S/C36H48N6O9/c1-23-13-15-27(19-29(23)39-33(45)41-17-9-5-7-11-31(41)43)37-35(47)50-21-25(3)49-22-26(4)51-36(48)38-28-16-14-24(2)30(20-28)40-34(46)42-18-10-6-8-12-32(42)44/h13-16,19-20,25-26H,5-12,17-18,21-22H2,1-4H3,(H,37,47)(H,38,48)(H,39,45)(H,40,46). The van der Waals surface area contributed by atoms with Crippen LogP contribution in [0.2, 0.25) is 0 Å². The fraction of sp³-hybridized carbons (Fsp3) is 0.500. The Morgan fingerprint density at radius 3 is 1.65 bits per heavy atom. The molecule has 0 aromatic heterocycles. The molecular formula is C36H48N6O9. The van der Waals surface area contributed by atoms with Crippen LogP contribution in [-0.4, -0.2) is 84.4 Å². The molecule has 2 heterocycles. The third-order valence-corrected chi connectivity index (χ3v) is 8.46. The minimum Gasteiger partial charge on any atom is -0.447 e. The van der Waals surface area contributed by atoms with Gasteiger partial charge in [-0.15, -0.1) is 0 Å². The van der Waals surface area contributed by atoms with E-state index in [-0.39, 0.29) is 25.0 Å². The molecule has 2 fully saturated rings. The molecule has 2 aromatic rings. The van der Waals surface area contributed by atoms with Crippen molar-refractivity contribution in [2.45, 2.75) is 91.3 Å². The van der Waals surface area contributed by atoms with Gasteiger partial charge in [-0.2, -0.15) is 0 Å². The lowest BCUT2D eigenvalue weighted by Gasteiger charge is -2.20. The van der Waals surface area contributed by atoms with Crippen LogP contribution >= 0.6 is 0 Å². The highest BCUT2D eigenvalue weighted by Gasteiger charge is 2.25. The largest absolute Gasteiger partial charge is 0.447 e. The Kier molecular flexibility index (Phi) is 14.2. The smallest absolute Gasteiger partial charge is 0.411 e. The molecule has 2 aliphatic heterocycles. The summed E-state index contributed by atoms with van der Waals surface area (Å²) in [6, 6.07) is 8.98. The molecule has 276 valence electrons. The van der Waals surface area contributed by atoms with E-state index in [1.165, 1.54) is 9.80 Å². The van der Waals surface area contributed by atoms with Crippen molar-refractivity contribution in [1.82, 2.24) is 9.80 Å². The lowest BCUT2D eigenvalue weighted by atomic mass is 10.2. The van der Waals surface area contributed by atoms with E-state index in [9.17, 15) is 28.8 Å². The van der Waals surface area contributed by atoms with Crippen LogP contribution in [0.1, 0.15) is 76.3 Å². The van der Waals surface area contributed by atoms with E-state index < -0.39 is 36.5 Å². The van der Waals surface area contributed by atoms with Gasteiger partial charge < -0.3 is 24.8 Å². The Morgan fingerprint density at radius 2 is 1.14 bits per heavy atom. The minimum atomic E-state index is -0.732. The second kappa shape index (κ2) is 18.7. The zero-order valence-electron chi connectivity index (χ0n) is 29.7. The molecule has 2 saturated heterocycles. The third kappa shape index (κ3) is 12.0. The maximum absolute atomic E-state index is 12.8. The molecule has 2 aliphatic rings. The number of benzene rings is 2. The van der Waals surface area contributed by atoms with Crippen molar-refractivity contribution >= 4 is 58.8 Å². The van der Waals surface area contributed by atoms with Crippen molar-refractivity contribution in [3.05, 3.63) is 47.5 Å². The van der Waals surface area contributed by atoms with Gasteiger partial charge in [0.2, 0.25) is 11.8 Å². The molecule has 0 aliphatic carbocycles. The number of aryl methyl sites for hydroxylation is 2. The highest BCUT2D eigenvalue weighted by Crippen LogP contribution is 2.24. The molecule has 4 rings (SSSR count). The van der Waals surface area contributed by atoms with Crippen LogP contribution in [0.3, 0.4) is 0 Å². The van der Waals surface area contributed by atoms with Gasteiger partial charge in [0.25, 0.3) is 0 Å². The number of hydrogen-bond acceptors (Lipinski definition) is 9. The molecule has 15 heteroatoms. The predicted octanol–water partition coefficient (Wildman–Crippen LogP) is 6.76. The van der Waals surface area contributed by atoms with Crippen molar-refractivity contribution in [2.24, 2.45) is 0 Å². The summed E-state index contributed by atoms with van der Waals surface area (Å²) < 4.78 is 16.4. The van der Waals surface area contributed by atoms with Crippen LogP contribution in [0.25, 0.3) is 0 Å². The van der Waals surface area contributed by atoms with Gasteiger partial charge in [0.05, 0.1) is 12.7 Å². The first kappa shape index (κ1) is 38.6. The summed E-state index contributed by atoms with van der Waals surface area (Å²) in [4.78, 5) is 77.7. The Labute approximate surface area is 297 Å². The third-order valence-electron chi connectivity index (χ3n) is 8.46. The number of nitrogens with one attached hydrogen (secondary N) is 4. The van der Waals surface area contributed by atoms with E-state index in [1.807, 2.05) is 0 Å². The van der Waals surface area contributed by atoms with E-state index in [0.29, 0.717) is 48.7 Å². The molecular weight excluding hydrogens is 660 g/mol. The maximum atomic E-state index is 12.8. The molecule has 0 radical (unpaired) electrons. The van der Waals surface area contributed by atoms with Gasteiger partial charge in [-0.3, -0.25) is 30.0 Å². The first-order valence-electron chi connectivity index (χ1n) is 17.4. The first-order valence-corrected chi connectivity index (χ1v) is 17.4. The number of anilines is 4. The second-order valence-electron chi connectivity index (χ2n) is 12.8. The number of ether oxygens (including phenoxy) is 3. The van der Waals surface area contributed by atoms with Crippen LogP contribution in [0.4, 0.5) is 41.9 Å². The average Bonchev–Trinajstić information content (AvgIpc) is 3.44. The summed E-state index contributed by atoms with van der Waals surface area (Å²) in [5.41, 5.74) is 3.20. The lowest BCUT2D eigenvalue weighted by molar-refractivity contribution is -0.128. The molecule has 2 atom stereocenters. The molecule has 2 unspecified atom stereocenters. The van der Waals surface area contributed by atoms with Crippen molar-refractivity contribution in [2.75, 3.05) is 47.6 Å². The SMILES string of the molecule is Cc1ccc(NC(=O)OCC(C)OCC(C)OC(=O)Nc2ccc(C)c(NC(=O)N3CCCCCC3=O)c2)cc1NC(=O)N1CCCCCC1=O. The molecule has 15 nitrogen and oxygen atoms in total. The molecule has 8 amide bonds. The zero-order valence-corrected chi connectivity index (χ0v) is 29.7. The number of rotatable bonds is 10. The van der Waals surface area contributed by atoms with Gasteiger partial charge in [0, 0.05) is 48.7 Å². The van der Waals surface area contributed by atoms with Gasteiger partial charge in [-0.05, 0) is 88.8 Å². The highest BCUT2D eigenvalue weighted by atomic mass is 16.6. The monoisotopic (exact) mass is 708 g/mol. The summed E-state index contributed by atoms with van der Waals surface area (Å²) in [5.74, 6) is -0.409. The summed E-state index contributed by atoms with van der Waals surface area (Å²) in [7, 11) is 0. The summed E-state index contributed by atoms with van der Waals surface area (Å²) in [6.45, 7) is 7.63. The van der Waals surface area contributed by atoms with E-state index in [4.69, 9.17) is 14.2 Å². The Hall–Kier alpha value is -5.18. The van der Waals surface area contributed by atoms with Crippen molar-refractivity contribution in [3.63, 3.8) is 0 Å². The number of hydrogen-bond donors (Lipinski definition) is 4. The molecule has 4 N–H and O–H groups in total. The first-order chi connectivity index (χ1) is 24.4.